The molecule has 0 aliphatic rings. The molecule has 0 spiro atoms. The molecular weight excluding hydrogens is 262 g/mol. The molecule has 0 fully saturated rings. The Morgan fingerprint density at radius 2 is 2.33 bits per heavy atom. The summed E-state index contributed by atoms with van der Waals surface area (Å²) >= 11 is 3.35. The van der Waals surface area contributed by atoms with Crippen LogP contribution in [-0.2, 0) is 0 Å². The summed E-state index contributed by atoms with van der Waals surface area (Å²) in [5.41, 5.74) is 0. The molecule has 0 atom stereocenters. The molecule has 0 bridgehead atoms. The minimum Gasteiger partial charge on any atom is -0.474 e. The first-order valence-corrected chi connectivity index (χ1v) is 5.57. The molecule has 0 saturated carbocycles. The van der Waals surface area contributed by atoms with E-state index in [1.165, 1.54) is 6.33 Å². The number of nitrogens with one attached hydrogen (secondary N) is 1. The van der Waals surface area contributed by atoms with E-state index in [2.05, 4.69) is 38.1 Å². The van der Waals surface area contributed by atoms with Gasteiger partial charge in [0.25, 0.3) is 0 Å². The second-order valence-corrected chi connectivity index (χ2v) is 3.63. The molecule has 2 N–H and O–H groups in total. The third-order valence-corrected chi connectivity index (χ3v) is 2.34. The lowest BCUT2D eigenvalue weighted by Crippen LogP contribution is -2.07. The van der Waals surface area contributed by atoms with Gasteiger partial charge in [-0.05, 0) is 22.4 Å². The van der Waals surface area contributed by atoms with Crippen LogP contribution in [0.5, 0.6) is 5.88 Å². The van der Waals surface area contributed by atoms with Crippen LogP contribution in [0.4, 0.5) is 5.82 Å². The van der Waals surface area contributed by atoms with Crippen molar-refractivity contribution in [2.24, 2.45) is 0 Å². The predicted molar refractivity (Wildman–Crippen MR) is 61.1 cm³/mol. The smallest absolute Gasteiger partial charge is 0.233 e. The molecule has 0 radical (unpaired) electrons. The van der Waals surface area contributed by atoms with Gasteiger partial charge < -0.3 is 15.2 Å². The highest BCUT2D eigenvalue weighted by Crippen LogP contribution is 2.28. The SMILES string of the molecule is CCCNc1ncnc(OCCO)c1Br. The number of aliphatic hydroxyl groups excluding tert-OH is 1. The highest BCUT2D eigenvalue weighted by molar-refractivity contribution is 9.10. The summed E-state index contributed by atoms with van der Waals surface area (Å²) in [5.74, 6) is 1.15. The van der Waals surface area contributed by atoms with Gasteiger partial charge in [-0.2, -0.15) is 0 Å². The number of aliphatic hydroxyl groups is 1. The average molecular weight is 276 g/mol. The Morgan fingerprint density at radius 3 is 3.00 bits per heavy atom. The van der Waals surface area contributed by atoms with E-state index in [1.807, 2.05) is 0 Å². The van der Waals surface area contributed by atoms with Crippen molar-refractivity contribution in [3.63, 3.8) is 0 Å². The van der Waals surface area contributed by atoms with Gasteiger partial charge in [0.1, 0.15) is 23.2 Å². The van der Waals surface area contributed by atoms with Gasteiger partial charge in [-0.15, -0.1) is 0 Å². The predicted octanol–water partition coefficient (Wildman–Crippen LogP) is 1.43. The normalized spacial score (nSPS) is 10.1. The maximum atomic E-state index is 8.63. The van der Waals surface area contributed by atoms with Crippen molar-refractivity contribution in [3.05, 3.63) is 10.8 Å². The number of hydrogen-bond donors (Lipinski definition) is 2. The monoisotopic (exact) mass is 275 g/mol. The Kier molecular flexibility index (Phi) is 5.34. The fourth-order valence-corrected chi connectivity index (χ4v) is 1.42. The fourth-order valence-electron chi connectivity index (χ4n) is 0.963. The Balaban J connectivity index is 2.71. The van der Waals surface area contributed by atoms with E-state index in [-0.39, 0.29) is 13.2 Å². The average Bonchev–Trinajstić information content (AvgIpc) is 2.26. The number of anilines is 1. The van der Waals surface area contributed by atoms with E-state index < -0.39 is 0 Å². The number of aromatic nitrogens is 2. The summed E-state index contributed by atoms with van der Waals surface area (Å²) in [6.07, 6.45) is 2.44. The van der Waals surface area contributed by atoms with Crippen molar-refractivity contribution >= 4 is 21.7 Å². The molecule has 1 aromatic rings. The van der Waals surface area contributed by atoms with Gasteiger partial charge >= 0.3 is 0 Å². The van der Waals surface area contributed by atoms with Crippen LogP contribution in [0.1, 0.15) is 13.3 Å². The van der Waals surface area contributed by atoms with Crippen LogP contribution < -0.4 is 10.1 Å². The molecule has 0 amide bonds. The lowest BCUT2D eigenvalue weighted by Gasteiger charge is -2.09. The number of hydrogen-bond acceptors (Lipinski definition) is 5. The maximum absolute atomic E-state index is 8.63. The first-order valence-electron chi connectivity index (χ1n) is 4.77. The van der Waals surface area contributed by atoms with E-state index in [0.717, 1.165) is 13.0 Å². The van der Waals surface area contributed by atoms with Gasteiger partial charge in [0, 0.05) is 6.54 Å². The first kappa shape index (κ1) is 12.2. The van der Waals surface area contributed by atoms with Crippen LogP contribution in [0.15, 0.2) is 10.8 Å². The Morgan fingerprint density at radius 1 is 1.53 bits per heavy atom. The van der Waals surface area contributed by atoms with Crippen LogP contribution in [0, 0.1) is 0 Å². The maximum Gasteiger partial charge on any atom is 0.233 e. The lowest BCUT2D eigenvalue weighted by molar-refractivity contribution is 0.195. The standard InChI is InChI=1S/C9H14BrN3O2/c1-2-3-11-8-7(10)9(13-6-12-8)15-5-4-14/h6,14H,2-5H2,1H3,(H,11,12,13). The Hall–Kier alpha value is -0.880. The highest BCUT2D eigenvalue weighted by atomic mass is 79.9. The molecule has 1 aromatic heterocycles. The number of nitrogens with zero attached hydrogens (tertiary/aromatic N) is 2. The Labute approximate surface area is 97.0 Å². The lowest BCUT2D eigenvalue weighted by atomic mass is 10.4. The van der Waals surface area contributed by atoms with Gasteiger partial charge in [0.15, 0.2) is 0 Å². The molecular formula is C9H14BrN3O2. The van der Waals surface area contributed by atoms with Crippen molar-refractivity contribution in [1.29, 1.82) is 0 Å². The van der Waals surface area contributed by atoms with Crippen LogP contribution in [0.3, 0.4) is 0 Å². The molecule has 84 valence electrons. The van der Waals surface area contributed by atoms with Crippen molar-refractivity contribution in [1.82, 2.24) is 9.97 Å². The quantitative estimate of drug-likeness (QED) is 0.822. The van der Waals surface area contributed by atoms with Crippen molar-refractivity contribution in [2.45, 2.75) is 13.3 Å². The Bertz CT molecular complexity index is 283. The zero-order valence-electron chi connectivity index (χ0n) is 8.53. The molecule has 0 saturated heterocycles. The third kappa shape index (κ3) is 3.64. The summed E-state index contributed by atoms with van der Waals surface area (Å²) in [5, 5.41) is 11.8. The number of ether oxygens (including phenoxy) is 1. The molecule has 5 nitrogen and oxygen atoms in total. The summed E-state index contributed by atoms with van der Waals surface area (Å²) < 4.78 is 5.91. The molecule has 0 aromatic carbocycles. The zero-order chi connectivity index (χ0) is 11.1. The largest absolute Gasteiger partial charge is 0.474 e. The second kappa shape index (κ2) is 6.58. The molecule has 6 heteroatoms. The fraction of sp³-hybridized carbons (Fsp3) is 0.556. The van der Waals surface area contributed by atoms with Gasteiger partial charge in [-0.25, -0.2) is 9.97 Å². The van der Waals surface area contributed by atoms with E-state index in [0.29, 0.717) is 16.2 Å². The van der Waals surface area contributed by atoms with E-state index in [1.54, 1.807) is 0 Å². The van der Waals surface area contributed by atoms with Gasteiger partial charge in [-0.1, -0.05) is 6.92 Å². The zero-order valence-corrected chi connectivity index (χ0v) is 10.1. The minimum absolute atomic E-state index is 0.0336. The summed E-state index contributed by atoms with van der Waals surface area (Å²) in [6, 6.07) is 0. The third-order valence-electron chi connectivity index (χ3n) is 1.63. The first-order chi connectivity index (χ1) is 7.29. The van der Waals surface area contributed by atoms with Crippen LogP contribution in [0.2, 0.25) is 0 Å². The van der Waals surface area contributed by atoms with Crippen LogP contribution >= 0.6 is 15.9 Å². The molecule has 0 aliphatic heterocycles. The van der Waals surface area contributed by atoms with Crippen molar-refractivity contribution < 1.29 is 9.84 Å². The molecule has 0 aliphatic carbocycles. The summed E-state index contributed by atoms with van der Waals surface area (Å²) in [7, 11) is 0. The molecule has 1 rings (SSSR count). The van der Waals surface area contributed by atoms with Gasteiger partial charge in [0.05, 0.1) is 6.61 Å². The van der Waals surface area contributed by atoms with E-state index in [9.17, 15) is 0 Å². The number of rotatable bonds is 6. The summed E-state index contributed by atoms with van der Waals surface area (Å²) in [6.45, 7) is 3.11. The van der Waals surface area contributed by atoms with Gasteiger partial charge in [0.2, 0.25) is 5.88 Å². The number of halogens is 1. The van der Waals surface area contributed by atoms with E-state index >= 15 is 0 Å². The minimum atomic E-state index is -0.0336. The second-order valence-electron chi connectivity index (χ2n) is 2.84. The van der Waals surface area contributed by atoms with Crippen molar-refractivity contribution in [2.75, 3.05) is 25.1 Å². The van der Waals surface area contributed by atoms with E-state index in [4.69, 9.17) is 9.84 Å². The van der Waals surface area contributed by atoms with Crippen LogP contribution in [-0.4, -0.2) is 34.8 Å². The molecule has 15 heavy (non-hydrogen) atoms. The van der Waals surface area contributed by atoms with Crippen LogP contribution in [0.25, 0.3) is 0 Å². The van der Waals surface area contributed by atoms with Gasteiger partial charge in [-0.3, -0.25) is 0 Å². The molecule has 0 unspecified atom stereocenters. The topological polar surface area (TPSA) is 67.3 Å². The molecule has 1 heterocycles. The van der Waals surface area contributed by atoms with Crippen molar-refractivity contribution in [3.8, 4) is 5.88 Å². The highest BCUT2D eigenvalue weighted by Gasteiger charge is 2.08. The summed E-state index contributed by atoms with van der Waals surface area (Å²) in [4.78, 5) is 8.03.